The number of halogens is 4. The number of carbonyl (C=O) groups is 1. The third kappa shape index (κ3) is 5.15. The number of carbonyl (C=O) groups excluding carboxylic acids is 1. The predicted molar refractivity (Wildman–Crippen MR) is 117 cm³/mol. The number of nitrogens with zero attached hydrogens (tertiary/aromatic N) is 4. The first-order chi connectivity index (χ1) is 15.0. The Balaban J connectivity index is 1.91. The predicted octanol–water partition coefficient (Wildman–Crippen LogP) is 4.41. The number of aromatic nitrogens is 2. The van der Waals surface area contributed by atoms with Crippen LogP contribution in [0.25, 0.3) is 0 Å². The van der Waals surface area contributed by atoms with Gasteiger partial charge in [0.2, 0.25) is 5.95 Å². The van der Waals surface area contributed by atoms with Gasteiger partial charge in [-0.15, -0.1) is 0 Å². The fraction of sp³-hybridized carbons (Fsp3) is 0.476. The van der Waals surface area contributed by atoms with Gasteiger partial charge in [0.05, 0.1) is 16.5 Å². The molecule has 1 aromatic heterocycles. The van der Waals surface area contributed by atoms with Gasteiger partial charge in [-0.2, -0.15) is 13.2 Å². The lowest BCUT2D eigenvalue weighted by molar-refractivity contribution is -0.141. The van der Waals surface area contributed by atoms with Crippen LogP contribution >= 0.6 is 11.9 Å². The van der Waals surface area contributed by atoms with Crippen molar-refractivity contribution >= 4 is 29.4 Å². The summed E-state index contributed by atoms with van der Waals surface area (Å²) in [5.41, 5.74) is -0.924. The molecule has 0 saturated carbocycles. The molecule has 0 aliphatic carbocycles. The maximum atomic E-state index is 14.0. The number of ketones is 1. The van der Waals surface area contributed by atoms with Gasteiger partial charge in [0.15, 0.2) is 11.5 Å². The van der Waals surface area contributed by atoms with Gasteiger partial charge in [-0.3, -0.25) is 9.52 Å². The Hall–Kier alpha value is -2.40. The number of benzene rings is 1. The van der Waals surface area contributed by atoms with E-state index in [1.54, 1.807) is 24.1 Å². The Morgan fingerprint density at radius 2 is 2.00 bits per heavy atom. The monoisotopic (exact) mass is 471 g/mol. The molecule has 1 fully saturated rings. The van der Waals surface area contributed by atoms with Crippen LogP contribution in [-0.4, -0.2) is 48.5 Å². The molecule has 11 heteroatoms. The minimum absolute atomic E-state index is 0.0498. The highest BCUT2D eigenvalue weighted by Crippen LogP contribution is 2.33. The zero-order chi connectivity index (χ0) is 23.6. The third-order valence-corrected chi connectivity index (χ3v) is 6.10. The van der Waals surface area contributed by atoms with Gasteiger partial charge >= 0.3 is 6.18 Å². The zero-order valence-electron chi connectivity index (χ0n) is 18.2. The molecule has 1 aromatic carbocycles. The molecule has 1 N–H and O–H groups in total. The van der Waals surface area contributed by atoms with Crippen molar-refractivity contribution < 1.29 is 22.4 Å². The van der Waals surface area contributed by atoms with Crippen LogP contribution in [0.3, 0.4) is 0 Å². The van der Waals surface area contributed by atoms with Crippen LogP contribution in [0.4, 0.5) is 29.2 Å². The van der Waals surface area contributed by atoms with Crippen LogP contribution in [0.5, 0.6) is 0 Å². The summed E-state index contributed by atoms with van der Waals surface area (Å²) in [5, 5.41) is 0. The number of hydrogen-bond acceptors (Lipinski definition) is 7. The van der Waals surface area contributed by atoms with Crippen molar-refractivity contribution in [1.82, 2.24) is 14.7 Å². The molecule has 2 aromatic rings. The lowest BCUT2D eigenvalue weighted by atomic mass is 9.99. The maximum Gasteiger partial charge on any atom is 0.434 e. The topological polar surface area (TPSA) is 61.4 Å². The van der Waals surface area contributed by atoms with Crippen LogP contribution in [0.2, 0.25) is 0 Å². The minimum Gasteiger partial charge on any atom is -0.368 e. The van der Waals surface area contributed by atoms with E-state index in [9.17, 15) is 22.4 Å². The van der Waals surface area contributed by atoms with Crippen molar-refractivity contribution in [3.05, 3.63) is 41.5 Å². The van der Waals surface area contributed by atoms with Crippen molar-refractivity contribution in [2.75, 3.05) is 36.5 Å². The molecule has 0 radical (unpaired) electrons. The fourth-order valence-corrected chi connectivity index (χ4v) is 4.29. The van der Waals surface area contributed by atoms with Gasteiger partial charge in [0.1, 0.15) is 5.82 Å². The average molecular weight is 472 g/mol. The molecule has 32 heavy (non-hydrogen) atoms. The summed E-state index contributed by atoms with van der Waals surface area (Å²) in [6.45, 7) is 6.40. The number of piperazine rings is 1. The highest BCUT2D eigenvalue weighted by molar-refractivity contribution is 7.97. The number of nitrogens with one attached hydrogen (secondary N) is 1. The van der Waals surface area contributed by atoms with E-state index in [1.165, 1.54) is 18.0 Å². The van der Waals surface area contributed by atoms with E-state index in [-0.39, 0.29) is 23.7 Å². The summed E-state index contributed by atoms with van der Waals surface area (Å²) >= 11 is 1.18. The highest BCUT2D eigenvalue weighted by Gasteiger charge is 2.39. The molecule has 1 atom stereocenters. The Kier molecular flexibility index (Phi) is 7.29. The first-order valence-electron chi connectivity index (χ1n) is 10.1. The standard InChI is InChI=1S/C21H25F4N5OS/c1-12(2)17-11-29(14-5-6-16(22)18(9-14)32-26-4)7-8-30(17)20-27-10-15(13(3)31)19(28-20)21(23,24)25/h5-6,9-10,12,17,26H,7-8,11H2,1-4H3. The molecule has 3 rings (SSSR count). The summed E-state index contributed by atoms with van der Waals surface area (Å²) in [7, 11) is 1.71. The summed E-state index contributed by atoms with van der Waals surface area (Å²) in [6, 6.07) is 4.68. The van der Waals surface area contributed by atoms with E-state index in [0.29, 0.717) is 24.5 Å². The summed E-state index contributed by atoms with van der Waals surface area (Å²) in [6.07, 6.45) is -3.80. The van der Waals surface area contributed by atoms with E-state index >= 15 is 0 Å². The fourth-order valence-electron chi connectivity index (χ4n) is 3.72. The highest BCUT2D eigenvalue weighted by atomic mass is 32.2. The van der Waals surface area contributed by atoms with Crippen molar-refractivity contribution in [1.29, 1.82) is 0 Å². The minimum atomic E-state index is -4.76. The van der Waals surface area contributed by atoms with Gasteiger partial charge in [0.25, 0.3) is 0 Å². The molecule has 0 amide bonds. The number of alkyl halides is 3. The second-order valence-corrected chi connectivity index (χ2v) is 8.91. The van der Waals surface area contributed by atoms with E-state index in [2.05, 4.69) is 19.6 Å². The number of anilines is 2. The Morgan fingerprint density at radius 3 is 2.59 bits per heavy atom. The van der Waals surface area contributed by atoms with Gasteiger partial charge in [-0.05, 0) is 50.0 Å². The van der Waals surface area contributed by atoms with Crippen LogP contribution in [0.15, 0.2) is 29.3 Å². The van der Waals surface area contributed by atoms with Gasteiger partial charge in [-0.1, -0.05) is 13.8 Å². The Bertz CT molecular complexity index is 985. The molecular weight excluding hydrogens is 446 g/mol. The van der Waals surface area contributed by atoms with Crippen LogP contribution in [-0.2, 0) is 6.18 Å². The normalized spacial score (nSPS) is 17.2. The second kappa shape index (κ2) is 9.62. The van der Waals surface area contributed by atoms with Crippen molar-refractivity contribution in [3.63, 3.8) is 0 Å². The lowest BCUT2D eigenvalue weighted by Gasteiger charge is -2.44. The SMILES string of the molecule is CNSc1cc(N2CCN(c3ncc(C(C)=O)c(C(F)(F)F)n3)C(C(C)C)C2)ccc1F. The van der Waals surface area contributed by atoms with Crippen molar-refractivity contribution in [2.45, 2.75) is 37.9 Å². The second-order valence-electron chi connectivity index (χ2n) is 7.86. The first kappa shape index (κ1) is 24.2. The van der Waals surface area contributed by atoms with Crippen LogP contribution in [0.1, 0.15) is 36.8 Å². The molecular formula is C21H25F4N5OS. The molecule has 1 aliphatic rings. The zero-order valence-corrected chi connectivity index (χ0v) is 19.0. The lowest BCUT2D eigenvalue weighted by Crippen LogP contribution is -2.56. The maximum absolute atomic E-state index is 14.0. The van der Waals surface area contributed by atoms with Gasteiger partial charge in [0, 0.05) is 31.5 Å². The van der Waals surface area contributed by atoms with Crippen molar-refractivity contribution in [3.8, 4) is 0 Å². The number of rotatable bonds is 6. The summed E-state index contributed by atoms with van der Waals surface area (Å²) in [4.78, 5) is 23.8. The van der Waals surface area contributed by atoms with Crippen LogP contribution in [0, 0.1) is 11.7 Å². The summed E-state index contributed by atoms with van der Waals surface area (Å²) in [5.74, 6) is -1.03. The van der Waals surface area contributed by atoms with Crippen molar-refractivity contribution in [2.24, 2.45) is 5.92 Å². The van der Waals surface area contributed by atoms with Gasteiger partial charge in [-0.25, -0.2) is 14.4 Å². The average Bonchev–Trinajstić information content (AvgIpc) is 2.74. The quantitative estimate of drug-likeness (QED) is 0.380. The van der Waals surface area contributed by atoms with E-state index in [0.717, 1.165) is 18.8 Å². The molecule has 0 bridgehead atoms. The summed E-state index contributed by atoms with van der Waals surface area (Å²) < 4.78 is 57.4. The smallest absolute Gasteiger partial charge is 0.368 e. The van der Waals surface area contributed by atoms with Crippen LogP contribution < -0.4 is 14.5 Å². The van der Waals surface area contributed by atoms with E-state index < -0.39 is 23.2 Å². The first-order valence-corrected chi connectivity index (χ1v) is 10.9. The van der Waals surface area contributed by atoms with E-state index in [4.69, 9.17) is 0 Å². The molecule has 1 unspecified atom stereocenters. The Morgan fingerprint density at radius 1 is 1.28 bits per heavy atom. The molecule has 1 saturated heterocycles. The Labute approximate surface area is 188 Å². The molecule has 2 heterocycles. The molecule has 1 aliphatic heterocycles. The molecule has 174 valence electrons. The van der Waals surface area contributed by atoms with E-state index in [1.807, 2.05) is 13.8 Å². The largest absolute Gasteiger partial charge is 0.434 e. The molecule has 0 spiro atoms. The number of hydrogen-bond donors (Lipinski definition) is 1. The number of Topliss-reactive ketones (excluding diaryl/α,β-unsaturated/α-hetero) is 1. The van der Waals surface area contributed by atoms with Gasteiger partial charge < -0.3 is 9.80 Å². The third-order valence-electron chi connectivity index (χ3n) is 5.36. The molecule has 6 nitrogen and oxygen atoms in total.